The molecule has 21 heavy (non-hydrogen) atoms. The molecule has 1 atom stereocenters. The van der Waals surface area contributed by atoms with Gasteiger partial charge in [-0.2, -0.15) is 0 Å². The largest absolute Gasteiger partial charge is 0.481 e. The molecule has 1 aliphatic heterocycles. The number of terminal acetylenes is 1. The highest BCUT2D eigenvalue weighted by Gasteiger charge is 2.23. The lowest BCUT2D eigenvalue weighted by Crippen LogP contribution is -2.43. The van der Waals surface area contributed by atoms with Gasteiger partial charge in [-0.15, -0.1) is 6.42 Å². The molecule has 1 fully saturated rings. The van der Waals surface area contributed by atoms with Gasteiger partial charge in [-0.3, -0.25) is 0 Å². The number of hydrogen-bond donors (Lipinski definition) is 2. The van der Waals surface area contributed by atoms with Crippen LogP contribution in [0.4, 0.5) is 10.5 Å². The summed E-state index contributed by atoms with van der Waals surface area (Å²) in [5.41, 5.74) is 0.708. The van der Waals surface area contributed by atoms with Crippen LogP contribution < -0.4 is 10.1 Å². The van der Waals surface area contributed by atoms with Crippen LogP contribution in [0, 0.1) is 18.3 Å². The molecule has 0 radical (unpaired) electrons. The monoisotopic (exact) mass is 288 g/mol. The van der Waals surface area contributed by atoms with E-state index in [-0.39, 0.29) is 25.2 Å². The quantitative estimate of drug-likeness (QED) is 0.832. The van der Waals surface area contributed by atoms with Crippen molar-refractivity contribution in [2.24, 2.45) is 5.92 Å². The molecular formula is C16H20N2O3. The van der Waals surface area contributed by atoms with Gasteiger partial charge in [0.05, 0.1) is 0 Å². The first-order valence-corrected chi connectivity index (χ1v) is 7.06. The summed E-state index contributed by atoms with van der Waals surface area (Å²) in [5, 5.41) is 12.0. The van der Waals surface area contributed by atoms with Gasteiger partial charge >= 0.3 is 6.03 Å². The highest BCUT2D eigenvalue weighted by atomic mass is 16.5. The third kappa shape index (κ3) is 4.40. The van der Waals surface area contributed by atoms with E-state index < -0.39 is 0 Å². The number of piperidine rings is 1. The molecule has 0 spiro atoms. The minimum atomic E-state index is -0.134. The third-order valence-corrected chi connectivity index (χ3v) is 3.49. The zero-order valence-corrected chi connectivity index (χ0v) is 11.9. The Morgan fingerprint density at radius 3 is 2.90 bits per heavy atom. The predicted octanol–water partition coefficient (Wildman–Crippen LogP) is 1.93. The van der Waals surface area contributed by atoms with E-state index in [0.29, 0.717) is 18.0 Å². The molecule has 0 bridgehead atoms. The molecule has 5 nitrogen and oxygen atoms in total. The van der Waals surface area contributed by atoms with Crippen LogP contribution in [-0.4, -0.2) is 42.3 Å². The lowest BCUT2D eigenvalue weighted by molar-refractivity contribution is 0.136. The Hall–Kier alpha value is -2.19. The smallest absolute Gasteiger partial charge is 0.321 e. The SMILES string of the molecule is C#CCOc1ccc(NC(=O)N2CCCC(CO)C2)cc1. The van der Waals surface area contributed by atoms with Crippen LogP contribution in [0.5, 0.6) is 5.75 Å². The van der Waals surface area contributed by atoms with Crippen molar-refractivity contribution in [3.05, 3.63) is 24.3 Å². The fourth-order valence-corrected chi connectivity index (χ4v) is 2.36. The highest BCUT2D eigenvalue weighted by Crippen LogP contribution is 2.19. The number of aliphatic hydroxyl groups excluding tert-OH is 1. The van der Waals surface area contributed by atoms with Gasteiger partial charge in [-0.1, -0.05) is 5.92 Å². The van der Waals surface area contributed by atoms with Crippen LogP contribution in [0.15, 0.2) is 24.3 Å². The van der Waals surface area contributed by atoms with Crippen molar-refractivity contribution in [3.63, 3.8) is 0 Å². The van der Waals surface area contributed by atoms with E-state index >= 15 is 0 Å². The number of nitrogens with one attached hydrogen (secondary N) is 1. The first kappa shape index (κ1) is 15.2. The summed E-state index contributed by atoms with van der Waals surface area (Å²) in [6, 6.07) is 6.94. The maximum absolute atomic E-state index is 12.2. The minimum Gasteiger partial charge on any atom is -0.481 e. The van der Waals surface area contributed by atoms with Gasteiger partial charge in [0.2, 0.25) is 0 Å². The lowest BCUT2D eigenvalue weighted by atomic mass is 9.99. The van der Waals surface area contributed by atoms with Crippen LogP contribution in [0.2, 0.25) is 0 Å². The molecule has 0 aliphatic carbocycles. The number of amides is 2. The van der Waals surface area contributed by atoms with Crippen LogP contribution in [0.1, 0.15) is 12.8 Å². The van der Waals surface area contributed by atoms with Gasteiger partial charge in [-0.25, -0.2) is 4.79 Å². The summed E-state index contributed by atoms with van der Waals surface area (Å²) in [4.78, 5) is 13.9. The Morgan fingerprint density at radius 2 is 2.24 bits per heavy atom. The van der Waals surface area contributed by atoms with Gasteiger partial charge in [0.25, 0.3) is 0 Å². The van der Waals surface area contributed by atoms with Gasteiger partial charge in [0.15, 0.2) is 0 Å². The standard InChI is InChI=1S/C16H20N2O3/c1-2-10-21-15-7-5-14(6-8-15)17-16(20)18-9-3-4-13(11-18)12-19/h1,5-8,13,19H,3-4,9-12H2,(H,17,20). The van der Waals surface area contributed by atoms with E-state index in [2.05, 4.69) is 11.2 Å². The molecule has 1 aromatic rings. The summed E-state index contributed by atoms with van der Waals surface area (Å²) in [6.45, 7) is 1.68. The van der Waals surface area contributed by atoms with Crippen LogP contribution in [0.25, 0.3) is 0 Å². The number of ether oxygens (including phenoxy) is 1. The van der Waals surface area contributed by atoms with Crippen LogP contribution in [0.3, 0.4) is 0 Å². The van der Waals surface area contributed by atoms with Crippen molar-refractivity contribution >= 4 is 11.7 Å². The summed E-state index contributed by atoms with van der Waals surface area (Å²) in [5.74, 6) is 3.25. The van der Waals surface area contributed by atoms with Crippen molar-refractivity contribution in [1.82, 2.24) is 4.90 Å². The maximum Gasteiger partial charge on any atom is 0.321 e. The molecule has 5 heteroatoms. The molecule has 1 aliphatic rings. The number of urea groups is 1. The average molecular weight is 288 g/mol. The summed E-state index contributed by atoms with van der Waals surface area (Å²) >= 11 is 0. The molecule has 2 amide bonds. The van der Waals surface area contributed by atoms with Crippen LogP contribution >= 0.6 is 0 Å². The molecule has 1 aromatic carbocycles. The molecule has 2 N–H and O–H groups in total. The number of aliphatic hydroxyl groups is 1. The Bertz CT molecular complexity index is 507. The number of carbonyl (C=O) groups excluding carboxylic acids is 1. The zero-order valence-electron chi connectivity index (χ0n) is 11.9. The maximum atomic E-state index is 12.2. The third-order valence-electron chi connectivity index (χ3n) is 3.49. The normalized spacial score (nSPS) is 17.9. The Morgan fingerprint density at radius 1 is 1.48 bits per heavy atom. The van der Waals surface area contributed by atoms with E-state index in [1.807, 2.05) is 0 Å². The van der Waals surface area contributed by atoms with Crippen molar-refractivity contribution in [2.75, 3.05) is 31.6 Å². The number of likely N-dealkylation sites (tertiary alicyclic amines) is 1. The predicted molar refractivity (Wildman–Crippen MR) is 81.2 cm³/mol. The van der Waals surface area contributed by atoms with Crippen molar-refractivity contribution < 1.29 is 14.6 Å². The Kier molecular flexibility index (Phi) is 5.47. The van der Waals surface area contributed by atoms with E-state index in [1.54, 1.807) is 29.2 Å². The van der Waals surface area contributed by atoms with Gasteiger partial charge in [-0.05, 0) is 43.0 Å². The number of anilines is 1. The van der Waals surface area contributed by atoms with E-state index in [1.165, 1.54) is 0 Å². The minimum absolute atomic E-state index is 0.130. The topological polar surface area (TPSA) is 61.8 Å². The average Bonchev–Trinajstić information content (AvgIpc) is 2.54. The molecule has 0 aromatic heterocycles. The second-order valence-electron chi connectivity index (χ2n) is 5.08. The Labute approximate surface area is 124 Å². The first-order chi connectivity index (χ1) is 10.2. The zero-order chi connectivity index (χ0) is 15.1. The van der Waals surface area contributed by atoms with E-state index in [9.17, 15) is 9.90 Å². The highest BCUT2D eigenvalue weighted by molar-refractivity contribution is 5.89. The van der Waals surface area contributed by atoms with E-state index in [4.69, 9.17) is 11.2 Å². The molecule has 112 valence electrons. The molecule has 1 saturated heterocycles. The van der Waals surface area contributed by atoms with Gasteiger partial charge in [0.1, 0.15) is 12.4 Å². The Balaban J connectivity index is 1.88. The molecule has 0 saturated carbocycles. The molecular weight excluding hydrogens is 268 g/mol. The van der Waals surface area contributed by atoms with Crippen molar-refractivity contribution in [3.8, 4) is 18.1 Å². The van der Waals surface area contributed by atoms with Crippen molar-refractivity contribution in [1.29, 1.82) is 0 Å². The first-order valence-electron chi connectivity index (χ1n) is 7.06. The van der Waals surface area contributed by atoms with Gasteiger partial charge in [0, 0.05) is 25.4 Å². The molecule has 1 unspecified atom stereocenters. The van der Waals surface area contributed by atoms with Crippen molar-refractivity contribution in [2.45, 2.75) is 12.8 Å². The van der Waals surface area contributed by atoms with Gasteiger partial charge < -0.3 is 20.1 Å². The number of rotatable bonds is 4. The summed E-state index contributed by atoms with van der Waals surface area (Å²) < 4.78 is 5.27. The molecule has 2 rings (SSSR count). The lowest BCUT2D eigenvalue weighted by Gasteiger charge is -2.31. The molecule has 1 heterocycles. The number of benzene rings is 1. The second kappa shape index (κ2) is 7.55. The number of hydrogen-bond acceptors (Lipinski definition) is 3. The van der Waals surface area contributed by atoms with E-state index in [0.717, 1.165) is 19.4 Å². The fourth-order valence-electron chi connectivity index (χ4n) is 2.36. The number of nitrogens with zero attached hydrogens (tertiary/aromatic N) is 1. The fraction of sp³-hybridized carbons (Fsp3) is 0.438. The summed E-state index contributed by atoms with van der Waals surface area (Å²) in [6.07, 6.45) is 7.02. The summed E-state index contributed by atoms with van der Waals surface area (Å²) in [7, 11) is 0. The number of carbonyl (C=O) groups is 1. The second-order valence-corrected chi connectivity index (χ2v) is 5.08. The van der Waals surface area contributed by atoms with Crippen LogP contribution in [-0.2, 0) is 0 Å².